The Balaban J connectivity index is 1.36. The molecular weight excluding hydrogens is 360 g/mol. The van der Waals surface area contributed by atoms with Crippen LogP contribution < -0.4 is 11.1 Å². The van der Waals surface area contributed by atoms with Crippen LogP contribution in [0.1, 0.15) is 28.2 Å². The summed E-state index contributed by atoms with van der Waals surface area (Å²) < 4.78 is 5.49. The molecule has 29 heavy (non-hydrogen) atoms. The number of hydrogen-bond acceptors (Lipinski definition) is 3. The molecule has 0 fully saturated rings. The van der Waals surface area contributed by atoms with Crippen LogP contribution in [0.3, 0.4) is 0 Å². The van der Waals surface area contributed by atoms with Crippen molar-refractivity contribution in [1.29, 1.82) is 0 Å². The van der Waals surface area contributed by atoms with Gasteiger partial charge in [-0.15, -0.1) is 0 Å². The predicted octanol–water partition coefficient (Wildman–Crippen LogP) is 4.47. The predicted molar refractivity (Wildman–Crippen MR) is 116 cm³/mol. The summed E-state index contributed by atoms with van der Waals surface area (Å²) in [6.07, 6.45) is -0.474. The SMILES string of the molecule is Cc1cccc(C#CCNC(=O)OCC2c3ccccc3-c3ccccc32)c1N. The third-order valence-corrected chi connectivity index (χ3v) is 5.21. The molecular formula is C25H22N2O2. The highest BCUT2D eigenvalue weighted by atomic mass is 16.5. The molecule has 0 heterocycles. The number of para-hydroxylation sites is 1. The average Bonchev–Trinajstić information content (AvgIpc) is 3.06. The molecule has 1 aliphatic rings. The van der Waals surface area contributed by atoms with Crippen LogP contribution >= 0.6 is 0 Å². The van der Waals surface area contributed by atoms with Gasteiger partial charge in [0.05, 0.1) is 12.2 Å². The van der Waals surface area contributed by atoms with Gasteiger partial charge in [-0.05, 0) is 40.8 Å². The normalized spacial score (nSPS) is 11.8. The number of carbonyl (C=O) groups is 1. The molecule has 0 unspecified atom stereocenters. The molecule has 4 heteroatoms. The monoisotopic (exact) mass is 382 g/mol. The third kappa shape index (κ3) is 3.81. The second kappa shape index (κ2) is 8.12. The summed E-state index contributed by atoms with van der Waals surface area (Å²) in [6.45, 7) is 2.43. The van der Waals surface area contributed by atoms with Crippen LogP contribution in [-0.4, -0.2) is 19.2 Å². The van der Waals surface area contributed by atoms with Gasteiger partial charge in [-0.1, -0.05) is 72.5 Å². The fourth-order valence-corrected chi connectivity index (χ4v) is 3.69. The maximum absolute atomic E-state index is 12.1. The highest BCUT2D eigenvalue weighted by Gasteiger charge is 2.28. The lowest BCUT2D eigenvalue weighted by Crippen LogP contribution is -2.26. The van der Waals surface area contributed by atoms with Crippen molar-refractivity contribution in [3.8, 4) is 23.0 Å². The summed E-state index contributed by atoms with van der Waals surface area (Å²) in [4.78, 5) is 12.1. The molecule has 0 aromatic heterocycles. The molecule has 0 radical (unpaired) electrons. The number of rotatable bonds is 3. The van der Waals surface area contributed by atoms with Crippen molar-refractivity contribution in [2.45, 2.75) is 12.8 Å². The number of anilines is 1. The molecule has 3 N–H and O–H groups in total. The minimum Gasteiger partial charge on any atom is -0.449 e. The van der Waals surface area contributed by atoms with Gasteiger partial charge in [-0.3, -0.25) is 0 Å². The van der Waals surface area contributed by atoms with Crippen molar-refractivity contribution in [3.63, 3.8) is 0 Å². The summed E-state index contributed by atoms with van der Waals surface area (Å²) in [7, 11) is 0. The number of aryl methyl sites for hydroxylation is 1. The number of amides is 1. The Kier molecular flexibility index (Phi) is 5.22. The number of hydrogen-bond donors (Lipinski definition) is 2. The van der Waals surface area contributed by atoms with E-state index in [1.807, 2.05) is 49.4 Å². The van der Waals surface area contributed by atoms with Crippen LogP contribution in [0.4, 0.5) is 10.5 Å². The maximum atomic E-state index is 12.1. The number of nitrogen functional groups attached to an aromatic ring is 1. The topological polar surface area (TPSA) is 64.3 Å². The molecule has 3 aromatic carbocycles. The number of carbonyl (C=O) groups excluding carboxylic acids is 1. The lowest BCUT2D eigenvalue weighted by molar-refractivity contribution is 0.144. The lowest BCUT2D eigenvalue weighted by Gasteiger charge is -2.14. The minimum atomic E-state index is -0.474. The van der Waals surface area contributed by atoms with Gasteiger partial charge in [-0.25, -0.2) is 4.79 Å². The van der Waals surface area contributed by atoms with E-state index in [2.05, 4.69) is 41.4 Å². The number of fused-ring (bicyclic) bond motifs is 3. The Bertz CT molecular complexity index is 1080. The van der Waals surface area contributed by atoms with E-state index >= 15 is 0 Å². The molecule has 0 spiro atoms. The van der Waals surface area contributed by atoms with Gasteiger partial charge in [-0.2, -0.15) is 0 Å². The van der Waals surface area contributed by atoms with E-state index in [0.29, 0.717) is 5.69 Å². The zero-order valence-corrected chi connectivity index (χ0v) is 16.2. The van der Waals surface area contributed by atoms with Crippen molar-refractivity contribution < 1.29 is 9.53 Å². The largest absolute Gasteiger partial charge is 0.449 e. The van der Waals surface area contributed by atoms with Crippen molar-refractivity contribution in [3.05, 3.63) is 89.0 Å². The second-order valence-electron chi connectivity index (χ2n) is 7.02. The Morgan fingerprint density at radius 1 is 1.00 bits per heavy atom. The molecule has 1 amide bonds. The van der Waals surface area contributed by atoms with Gasteiger partial charge >= 0.3 is 6.09 Å². The van der Waals surface area contributed by atoms with Crippen LogP contribution in [0, 0.1) is 18.8 Å². The molecule has 3 aromatic rings. The number of nitrogens with one attached hydrogen (secondary N) is 1. The lowest BCUT2D eigenvalue weighted by atomic mass is 9.98. The first-order chi connectivity index (χ1) is 14.1. The van der Waals surface area contributed by atoms with Crippen molar-refractivity contribution in [2.24, 2.45) is 0 Å². The first-order valence-electron chi connectivity index (χ1n) is 9.58. The van der Waals surface area contributed by atoms with Gasteiger partial charge in [0.2, 0.25) is 0 Å². The van der Waals surface area contributed by atoms with Crippen molar-refractivity contribution >= 4 is 11.8 Å². The molecule has 0 aliphatic heterocycles. The third-order valence-electron chi connectivity index (χ3n) is 5.21. The molecule has 0 saturated carbocycles. The van der Waals surface area contributed by atoms with Gasteiger partial charge in [0, 0.05) is 11.5 Å². The molecule has 144 valence electrons. The van der Waals surface area contributed by atoms with E-state index < -0.39 is 6.09 Å². The Morgan fingerprint density at radius 2 is 1.66 bits per heavy atom. The first-order valence-corrected chi connectivity index (χ1v) is 9.58. The van der Waals surface area contributed by atoms with E-state index in [1.54, 1.807) is 0 Å². The smallest absolute Gasteiger partial charge is 0.407 e. The van der Waals surface area contributed by atoms with Crippen LogP contribution in [0.5, 0.6) is 0 Å². The van der Waals surface area contributed by atoms with Crippen LogP contribution in [0.15, 0.2) is 66.7 Å². The van der Waals surface area contributed by atoms with E-state index in [0.717, 1.165) is 11.1 Å². The Morgan fingerprint density at radius 3 is 2.34 bits per heavy atom. The fourth-order valence-electron chi connectivity index (χ4n) is 3.69. The number of ether oxygens (including phenoxy) is 1. The number of nitrogens with two attached hydrogens (primary N) is 1. The molecule has 4 nitrogen and oxygen atoms in total. The summed E-state index contributed by atoms with van der Waals surface area (Å²) in [6, 6.07) is 22.2. The quantitative estimate of drug-likeness (QED) is 0.519. The Labute approximate surface area is 170 Å². The zero-order valence-electron chi connectivity index (χ0n) is 16.2. The molecule has 4 rings (SSSR count). The van der Waals surface area contributed by atoms with Gasteiger partial charge < -0.3 is 15.8 Å². The average molecular weight is 382 g/mol. The van der Waals surface area contributed by atoms with Gasteiger partial charge in [0.1, 0.15) is 6.61 Å². The minimum absolute atomic E-state index is 0.0475. The zero-order chi connectivity index (χ0) is 20.2. The standard InChI is InChI=1S/C25H22N2O2/c1-17-8-6-9-18(24(17)26)10-7-15-27-25(28)29-16-23-21-13-4-2-11-19(21)20-12-3-5-14-22(20)23/h2-6,8-9,11-14,23H,15-16,26H2,1H3,(H,27,28). The van der Waals surface area contributed by atoms with E-state index in [9.17, 15) is 4.79 Å². The van der Waals surface area contributed by atoms with Crippen molar-refractivity contribution in [1.82, 2.24) is 5.32 Å². The summed E-state index contributed by atoms with van der Waals surface area (Å²) in [5.74, 6) is 5.95. The Hall–Kier alpha value is -3.71. The van der Waals surface area contributed by atoms with Crippen LogP contribution in [-0.2, 0) is 4.74 Å². The van der Waals surface area contributed by atoms with Gasteiger partial charge in [0.25, 0.3) is 0 Å². The van der Waals surface area contributed by atoms with Gasteiger partial charge in [0.15, 0.2) is 0 Å². The van der Waals surface area contributed by atoms with E-state index in [4.69, 9.17) is 10.5 Å². The number of alkyl carbamates (subject to hydrolysis) is 1. The van der Waals surface area contributed by atoms with E-state index in [-0.39, 0.29) is 19.1 Å². The first kappa shape index (κ1) is 18.6. The van der Waals surface area contributed by atoms with Crippen LogP contribution in [0.25, 0.3) is 11.1 Å². The summed E-state index contributed by atoms with van der Waals surface area (Å²) >= 11 is 0. The fraction of sp³-hybridized carbons (Fsp3) is 0.160. The molecule has 1 aliphatic carbocycles. The summed E-state index contributed by atoms with van der Waals surface area (Å²) in [5.41, 5.74) is 13.2. The molecule has 0 saturated heterocycles. The second-order valence-corrected chi connectivity index (χ2v) is 7.02. The molecule has 0 bridgehead atoms. The van der Waals surface area contributed by atoms with Crippen LogP contribution in [0.2, 0.25) is 0 Å². The highest BCUT2D eigenvalue weighted by Crippen LogP contribution is 2.44. The van der Waals surface area contributed by atoms with Crippen molar-refractivity contribution in [2.75, 3.05) is 18.9 Å². The maximum Gasteiger partial charge on any atom is 0.407 e. The number of benzene rings is 3. The molecule has 0 atom stereocenters. The highest BCUT2D eigenvalue weighted by molar-refractivity contribution is 5.79. The van der Waals surface area contributed by atoms with E-state index in [1.165, 1.54) is 22.3 Å². The summed E-state index contributed by atoms with van der Waals surface area (Å²) in [5, 5.41) is 2.68.